The highest BCUT2D eigenvalue weighted by Crippen LogP contribution is 2.39. The Kier molecular flexibility index (Phi) is 4.35. The molecule has 0 heterocycles. The van der Waals surface area contributed by atoms with Gasteiger partial charge in [-0.1, -0.05) is 26.0 Å². The standard InChI is InChI=1S/C17H24N2O/c1-12(2)14-6-5-13(3)16(9-14)20-11-17(10-18,19-4)15-7-8-15/h5-6,9,12,15,19H,7-8,11H2,1-4H3. The molecule has 0 aromatic heterocycles. The lowest BCUT2D eigenvalue weighted by Crippen LogP contribution is -2.49. The Labute approximate surface area is 121 Å². The Bertz CT molecular complexity index is 514. The van der Waals surface area contributed by atoms with E-state index in [1.54, 1.807) is 0 Å². The van der Waals surface area contributed by atoms with Crippen molar-refractivity contribution in [1.29, 1.82) is 5.26 Å². The lowest BCUT2D eigenvalue weighted by molar-refractivity contribution is 0.209. The van der Waals surface area contributed by atoms with Gasteiger partial charge in [0.2, 0.25) is 0 Å². The van der Waals surface area contributed by atoms with Gasteiger partial charge in [0.25, 0.3) is 0 Å². The molecule has 0 spiro atoms. The molecule has 1 aliphatic carbocycles. The van der Waals surface area contributed by atoms with E-state index in [1.807, 2.05) is 14.0 Å². The van der Waals surface area contributed by atoms with Crippen molar-refractivity contribution in [2.24, 2.45) is 5.92 Å². The molecule has 0 aliphatic heterocycles. The number of likely N-dealkylation sites (N-methyl/N-ethyl adjacent to an activating group) is 1. The van der Waals surface area contributed by atoms with Crippen molar-refractivity contribution in [3.05, 3.63) is 29.3 Å². The fourth-order valence-electron chi connectivity index (χ4n) is 2.47. The first-order chi connectivity index (χ1) is 9.52. The van der Waals surface area contributed by atoms with Crippen LogP contribution >= 0.6 is 0 Å². The minimum atomic E-state index is -0.541. The number of rotatable bonds is 6. The number of nitrogens with zero attached hydrogens (tertiary/aromatic N) is 1. The maximum atomic E-state index is 9.48. The van der Waals surface area contributed by atoms with Gasteiger partial charge in [-0.2, -0.15) is 5.26 Å². The molecule has 0 radical (unpaired) electrons. The molecule has 2 rings (SSSR count). The normalized spacial score (nSPS) is 17.6. The quantitative estimate of drug-likeness (QED) is 0.863. The van der Waals surface area contributed by atoms with Crippen LogP contribution in [0.5, 0.6) is 5.75 Å². The molecule has 20 heavy (non-hydrogen) atoms. The molecular weight excluding hydrogens is 248 g/mol. The molecule has 1 aromatic carbocycles. The lowest BCUT2D eigenvalue weighted by atomic mass is 9.96. The molecule has 1 N–H and O–H groups in total. The number of nitriles is 1. The first kappa shape index (κ1) is 14.9. The van der Waals surface area contributed by atoms with E-state index in [2.05, 4.69) is 43.4 Å². The van der Waals surface area contributed by atoms with Gasteiger partial charge in [-0.3, -0.25) is 5.32 Å². The second-order valence-corrected chi connectivity index (χ2v) is 6.08. The minimum absolute atomic E-state index is 0.410. The van der Waals surface area contributed by atoms with Crippen LogP contribution in [-0.4, -0.2) is 19.2 Å². The van der Waals surface area contributed by atoms with E-state index < -0.39 is 5.54 Å². The topological polar surface area (TPSA) is 45.0 Å². The second kappa shape index (κ2) is 5.85. The molecule has 1 atom stereocenters. The molecule has 0 bridgehead atoms. The van der Waals surface area contributed by atoms with Crippen LogP contribution < -0.4 is 10.1 Å². The number of benzene rings is 1. The summed E-state index contributed by atoms with van der Waals surface area (Å²) in [4.78, 5) is 0. The summed E-state index contributed by atoms with van der Waals surface area (Å²) < 4.78 is 5.99. The SMILES string of the molecule is CNC(C#N)(COc1cc(C(C)C)ccc1C)C1CC1. The van der Waals surface area contributed by atoms with Crippen molar-refractivity contribution in [1.82, 2.24) is 5.32 Å². The zero-order valence-corrected chi connectivity index (χ0v) is 12.9. The highest BCUT2D eigenvalue weighted by atomic mass is 16.5. The molecular formula is C17H24N2O. The van der Waals surface area contributed by atoms with E-state index in [4.69, 9.17) is 4.74 Å². The van der Waals surface area contributed by atoms with E-state index in [-0.39, 0.29) is 0 Å². The van der Waals surface area contributed by atoms with E-state index >= 15 is 0 Å². The lowest BCUT2D eigenvalue weighted by Gasteiger charge is -2.26. The second-order valence-electron chi connectivity index (χ2n) is 6.08. The predicted octanol–water partition coefficient (Wildman–Crippen LogP) is 3.39. The summed E-state index contributed by atoms with van der Waals surface area (Å²) in [6, 6.07) is 8.75. The average molecular weight is 272 g/mol. The van der Waals surface area contributed by atoms with Gasteiger partial charge in [0.1, 0.15) is 17.9 Å². The molecule has 1 unspecified atom stereocenters. The minimum Gasteiger partial charge on any atom is -0.490 e. The van der Waals surface area contributed by atoms with Crippen molar-refractivity contribution in [3.63, 3.8) is 0 Å². The van der Waals surface area contributed by atoms with E-state index in [0.717, 1.165) is 24.2 Å². The van der Waals surface area contributed by atoms with Gasteiger partial charge in [0.15, 0.2) is 0 Å². The van der Waals surface area contributed by atoms with Crippen LogP contribution in [0.2, 0.25) is 0 Å². The van der Waals surface area contributed by atoms with Crippen LogP contribution in [0.1, 0.15) is 43.7 Å². The van der Waals surface area contributed by atoms with Crippen molar-refractivity contribution < 1.29 is 4.74 Å². The van der Waals surface area contributed by atoms with Crippen LogP contribution in [-0.2, 0) is 0 Å². The summed E-state index contributed by atoms with van der Waals surface area (Å²) in [5.74, 6) is 1.80. The molecule has 1 aliphatic rings. The first-order valence-corrected chi connectivity index (χ1v) is 7.36. The van der Waals surface area contributed by atoms with Gasteiger partial charge in [0.05, 0.1) is 6.07 Å². The highest BCUT2D eigenvalue weighted by molar-refractivity contribution is 5.38. The van der Waals surface area contributed by atoms with Gasteiger partial charge in [0, 0.05) is 0 Å². The van der Waals surface area contributed by atoms with Gasteiger partial charge in [-0.25, -0.2) is 0 Å². The number of nitrogens with one attached hydrogen (secondary N) is 1. The number of hydrogen-bond donors (Lipinski definition) is 1. The van der Waals surface area contributed by atoms with Gasteiger partial charge < -0.3 is 4.74 Å². The Morgan fingerprint density at radius 2 is 2.15 bits per heavy atom. The molecule has 0 saturated heterocycles. The molecule has 1 fully saturated rings. The molecule has 1 saturated carbocycles. The number of ether oxygens (including phenoxy) is 1. The summed E-state index contributed by atoms with van der Waals surface area (Å²) in [5, 5.41) is 12.7. The summed E-state index contributed by atoms with van der Waals surface area (Å²) >= 11 is 0. The number of aryl methyl sites for hydroxylation is 1. The third-order valence-electron chi connectivity index (χ3n) is 4.25. The Hall–Kier alpha value is -1.53. The van der Waals surface area contributed by atoms with Crippen molar-refractivity contribution >= 4 is 0 Å². The van der Waals surface area contributed by atoms with Crippen LogP contribution in [0.15, 0.2) is 18.2 Å². The predicted molar refractivity (Wildman–Crippen MR) is 80.9 cm³/mol. The van der Waals surface area contributed by atoms with Gasteiger partial charge in [-0.05, 0) is 55.8 Å². The summed E-state index contributed by atoms with van der Waals surface area (Å²) in [6.07, 6.45) is 2.23. The van der Waals surface area contributed by atoms with Crippen LogP contribution in [0, 0.1) is 24.2 Å². The Morgan fingerprint density at radius 1 is 1.45 bits per heavy atom. The highest BCUT2D eigenvalue weighted by Gasteiger charge is 2.45. The largest absolute Gasteiger partial charge is 0.490 e. The van der Waals surface area contributed by atoms with Crippen LogP contribution in [0.4, 0.5) is 0 Å². The first-order valence-electron chi connectivity index (χ1n) is 7.36. The van der Waals surface area contributed by atoms with E-state index in [1.165, 1.54) is 5.56 Å². The van der Waals surface area contributed by atoms with Crippen LogP contribution in [0.25, 0.3) is 0 Å². The molecule has 108 valence electrons. The maximum Gasteiger partial charge on any atom is 0.143 e. The average Bonchev–Trinajstić information content (AvgIpc) is 3.27. The monoisotopic (exact) mass is 272 g/mol. The summed E-state index contributed by atoms with van der Waals surface area (Å²) in [6.45, 7) is 6.80. The summed E-state index contributed by atoms with van der Waals surface area (Å²) in [5.41, 5.74) is 1.84. The Morgan fingerprint density at radius 3 is 2.65 bits per heavy atom. The van der Waals surface area contributed by atoms with Crippen LogP contribution in [0.3, 0.4) is 0 Å². The molecule has 0 amide bonds. The fraction of sp³-hybridized carbons (Fsp3) is 0.588. The third-order valence-corrected chi connectivity index (χ3v) is 4.25. The molecule has 1 aromatic rings. The van der Waals surface area contributed by atoms with E-state index in [0.29, 0.717) is 18.4 Å². The van der Waals surface area contributed by atoms with Crippen molar-refractivity contribution in [3.8, 4) is 11.8 Å². The molecule has 3 heteroatoms. The van der Waals surface area contributed by atoms with Crippen molar-refractivity contribution in [2.45, 2.75) is 45.1 Å². The summed E-state index contributed by atoms with van der Waals surface area (Å²) in [7, 11) is 1.85. The zero-order valence-electron chi connectivity index (χ0n) is 12.9. The molecule has 3 nitrogen and oxygen atoms in total. The van der Waals surface area contributed by atoms with Gasteiger partial charge in [-0.15, -0.1) is 0 Å². The third kappa shape index (κ3) is 2.96. The smallest absolute Gasteiger partial charge is 0.143 e. The number of hydrogen-bond acceptors (Lipinski definition) is 3. The fourth-order valence-corrected chi connectivity index (χ4v) is 2.47. The van der Waals surface area contributed by atoms with E-state index in [9.17, 15) is 5.26 Å². The maximum absolute atomic E-state index is 9.48. The van der Waals surface area contributed by atoms with Gasteiger partial charge >= 0.3 is 0 Å². The van der Waals surface area contributed by atoms with Crippen molar-refractivity contribution in [2.75, 3.05) is 13.7 Å². The Balaban J connectivity index is 2.14. The zero-order chi connectivity index (χ0) is 14.8.